The zero-order valence-electron chi connectivity index (χ0n) is 11.3. The van der Waals surface area contributed by atoms with Crippen LogP contribution in [0.15, 0.2) is 18.2 Å². The Balaban J connectivity index is 2.40. The van der Waals surface area contributed by atoms with Crippen LogP contribution in [0.25, 0.3) is 0 Å². The molecule has 0 heterocycles. The van der Waals surface area contributed by atoms with Gasteiger partial charge in [0.05, 0.1) is 14.2 Å². The average Bonchev–Trinajstić information content (AvgIpc) is 2.46. The van der Waals surface area contributed by atoms with Crippen LogP contribution in [0.4, 0.5) is 0 Å². The number of rotatable bonds is 4. The van der Waals surface area contributed by atoms with Crippen molar-refractivity contribution in [3.63, 3.8) is 0 Å². The number of hydrogen-bond donors (Lipinski definition) is 1. The molecule has 3 nitrogen and oxygen atoms in total. The van der Waals surface area contributed by atoms with Gasteiger partial charge in [0.1, 0.15) is 11.5 Å². The number of nitrogens with two attached hydrogens (primary N) is 1. The summed E-state index contributed by atoms with van der Waals surface area (Å²) in [6, 6.07) is 6.00. The molecule has 3 heteroatoms. The van der Waals surface area contributed by atoms with Gasteiger partial charge in [0.15, 0.2) is 0 Å². The lowest BCUT2D eigenvalue weighted by molar-refractivity contribution is 0.293. The number of methoxy groups -OCH3 is 2. The standard InChI is InChI=1S/C15H23NO2/c1-17-13-8-5-9-14(18-2)15(13)12-7-4-3-6-11(12)10-16/h5,8-9,11-12H,3-4,6-7,10,16H2,1-2H3. The van der Waals surface area contributed by atoms with Crippen LogP contribution in [0.2, 0.25) is 0 Å². The van der Waals surface area contributed by atoms with E-state index in [9.17, 15) is 0 Å². The molecule has 18 heavy (non-hydrogen) atoms. The van der Waals surface area contributed by atoms with Gasteiger partial charge in [-0.2, -0.15) is 0 Å². The van der Waals surface area contributed by atoms with Crippen molar-refractivity contribution in [1.29, 1.82) is 0 Å². The third-order valence-corrected chi connectivity index (χ3v) is 4.05. The van der Waals surface area contributed by atoms with Crippen LogP contribution in [0, 0.1) is 5.92 Å². The Bertz CT molecular complexity index is 370. The van der Waals surface area contributed by atoms with Gasteiger partial charge >= 0.3 is 0 Å². The molecule has 2 N–H and O–H groups in total. The molecule has 1 aromatic carbocycles. The van der Waals surface area contributed by atoms with Crippen molar-refractivity contribution in [2.45, 2.75) is 31.6 Å². The monoisotopic (exact) mass is 249 g/mol. The van der Waals surface area contributed by atoms with E-state index in [0.717, 1.165) is 18.0 Å². The van der Waals surface area contributed by atoms with Crippen molar-refractivity contribution in [2.75, 3.05) is 20.8 Å². The smallest absolute Gasteiger partial charge is 0.126 e. The zero-order chi connectivity index (χ0) is 13.0. The SMILES string of the molecule is COc1cccc(OC)c1C1CCCCC1CN. The quantitative estimate of drug-likeness (QED) is 0.892. The van der Waals surface area contributed by atoms with Gasteiger partial charge in [-0.15, -0.1) is 0 Å². The fraction of sp³-hybridized carbons (Fsp3) is 0.600. The molecule has 0 radical (unpaired) electrons. The van der Waals surface area contributed by atoms with Crippen LogP contribution in [-0.2, 0) is 0 Å². The van der Waals surface area contributed by atoms with Gasteiger partial charge in [0, 0.05) is 5.56 Å². The fourth-order valence-electron chi connectivity index (χ4n) is 3.12. The van der Waals surface area contributed by atoms with E-state index in [4.69, 9.17) is 15.2 Å². The molecule has 0 aromatic heterocycles. The second kappa shape index (κ2) is 6.10. The molecule has 1 saturated carbocycles. The average molecular weight is 249 g/mol. The summed E-state index contributed by atoms with van der Waals surface area (Å²) in [6.07, 6.45) is 4.94. The third-order valence-electron chi connectivity index (χ3n) is 4.05. The molecule has 2 atom stereocenters. The molecule has 100 valence electrons. The number of hydrogen-bond acceptors (Lipinski definition) is 3. The van der Waals surface area contributed by atoms with E-state index in [1.165, 1.54) is 31.2 Å². The highest BCUT2D eigenvalue weighted by molar-refractivity contribution is 5.47. The van der Waals surface area contributed by atoms with Gasteiger partial charge in [0.2, 0.25) is 0 Å². The third kappa shape index (κ3) is 2.46. The van der Waals surface area contributed by atoms with Crippen LogP contribution in [0.3, 0.4) is 0 Å². The van der Waals surface area contributed by atoms with Gasteiger partial charge in [-0.1, -0.05) is 18.9 Å². The summed E-state index contributed by atoms with van der Waals surface area (Å²) in [6.45, 7) is 0.742. The highest BCUT2D eigenvalue weighted by Crippen LogP contribution is 2.45. The summed E-state index contributed by atoms with van der Waals surface area (Å²) >= 11 is 0. The van der Waals surface area contributed by atoms with Crippen LogP contribution in [-0.4, -0.2) is 20.8 Å². The molecule has 2 rings (SSSR count). The van der Waals surface area contributed by atoms with Gasteiger partial charge in [0.25, 0.3) is 0 Å². The minimum atomic E-state index is 0.467. The first-order valence-corrected chi connectivity index (χ1v) is 6.72. The first kappa shape index (κ1) is 13.2. The van der Waals surface area contributed by atoms with E-state index >= 15 is 0 Å². The molecule has 1 fully saturated rings. The molecule has 2 unspecified atom stereocenters. The summed E-state index contributed by atoms with van der Waals surface area (Å²) in [5, 5.41) is 0. The highest BCUT2D eigenvalue weighted by Gasteiger charge is 2.30. The van der Waals surface area contributed by atoms with E-state index in [-0.39, 0.29) is 0 Å². The van der Waals surface area contributed by atoms with Crippen molar-refractivity contribution in [1.82, 2.24) is 0 Å². The lowest BCUT2D eigenvalue weighted by Crippen LogP contribution is -2.26. The molecule has 0 aliphatic heterocycles. The molecule has 0 bridgehead atoms. The highest BCUT2D eigenvalue weighted by atomic mass is 16.5. The van der Waals surface area contributed by atoms with Crippen molar-refractivity contribution >= 4 is 0 Å². The number of ether oxygens (including phenoxy) is 2. The minimum Gasteiger partial charge on any atom is -0.496 e. The molecular weight excluding hydrogens is 226 g/mol. The van der Waals surface area contributed by atoms with Crippen LogP contribution in [0.5, 0.6) is 11.5 Å². The Kier molecular flexibility index (Phi) is 4.48. The summed E-state index contributed by atoms with van der Waals surface area (Å²) in [5.74, 6) is 2.87. The molecule has 1 aliphatic rings. The number of benzene rings is 1. The maximum absolute atomic E-state index is 5.93. The largest absolute Gasteiger partial charge is 0.496 e. The predicted octanol–water partition coefficient (Wildman–Crippen LogP) is 2.94. The molecule has 0 amide bonds. The Hall–Kier alpha value is -1.22. The van der Waals surface area contributed by atoms with E-state index in [0.29, 0.717) is 11.8 Å². The Morgan fingerprint density at radius 2 is 1.72 bits per heavy atom. The summed E-state index contributed by atoms with van der Waals surface area (Å²) in [7, 11) is 3.44. The summed E-state index contributed by atoms with van der Waals surface area (Å²) in [4.78, 5) is 0. The van der Waals surface area contributed by atoms with E-state index < -0.39 is 0 Å². The Labute approximate surface area is 109 Å². The van der Waals surface area contributed by atoms with E-state index in [2.05, 4.69) is 0 Å². The van der Waals surface area contributed by atoms with Crippen LogP contribution >= 0.6 is 0 Å². The van der Waals surface area contributed by atoms with Crippen LogP contribution < -0.4 is 15.2 Å². The first-order valence-electron chi connectivity index (χ1n) is 6.72. The van der Waals surface area contributed by atoms with E-state index in [1.54, 1.807) is 14.2 Å². The molecule has 1 aliphatic carbocycles. The normalized spacial score (nSPS) is 23.7. The van der Waals surface area contributed by atoms with Crippen molar-refractivity contribution < 1.29 is 9.47 Å². The van der Waals surface area contributed by atoms with Gasteiger partial charge in [-0.05, 0) is 43.4 Å². The van der Waals surface area contributed by atoms with Crippen molar-refractivity contribution in [3.05, 3.63) is 23.8 Å². The van der Waals surface area contributed by atoms with Gasteiger partial charge in [-0.25, -0.2) is 0 Å². The van der Waals surface area contributed by atoms with Gasteiger partial charge < -0.3 is 15.2 Å². The topological polar surface area (TPSA) is 44.5 Å². The first-order chi connectivity index (χ1) is 8.81. The maximum Gasteiger partial charge on any atom is 0.126 e. The second-order valence-electron chi connectivity index (χ2n) is 4.96. The molecule has 0 spiro atoms. The Morgan fingerprint density at radius 1 is 1.11 bits per heavy atom. The second-order valence-corrected chi connectivity index (χ2v) is 4.96. The van der Waals surface area contributed by atoms with E-state index in [1.807, 2.05) is 18.2 Å². The summed E-state index contributed by atoms with van der Waals surface area (Å²) < 4.78 is 11.0. The van der Waals surface area contributed by atoms with Crippen molar-refractivity contribution in [2.24, 2.45) is 11.7 Å². The predicted molar refractivity (Wildman–Crippen MR) is 73.3 cm³/mol. The molecular formula is C15H23NO2. The summed E-state index contributed by atoms with van der Waals surface area (Å²) in [5.41, 5.74) is 7.14. The fourth-order valence-corrected chi connectivity index (χ4v) is 3.12. The lowest BCUT2D eigenvalue weighted by Gasteiger charge is -2.32. The van der Waals surface area contributed by atoms with Crippen LogP contribution in [0.1, 0.15) is 37.2 Å². The minimum absolute atomic E-state index is 0.467. The van der Waals surface area contributed by atoms with Crippen molar-refractivity contribution in [3.8, 4) is 11.5 Å². The maximum atomic E-state index is 5.93. The molecule has 0 saturated heterocycles. The Morgan fingerprint density at radius 3 is 2.28 bits per heavy atom. The molecule has 1 aromatic rings. The van der Waals surface area contributed by atoms with Gasteiger partial charge in [-0.3, -0.25) is 0 Å². The lowest BCUT2D eigenvalue weighted by atomic mass is 9.75. The zero-order valence-corrected chi connectivity index (χ0v) is 11.3.